The average Bonchev–Trinajstić information content (AvgIpc) is 3.33. The SMILES string of the molecule is CN(C)CCN1C[C@@H]2CN(C(=O)c3cn(C)nc3C(F)F)C[C@@H]2C1=O.O=C(O)C(F)(F)F. The van der Waals surface area contributed by atoms with Crippen LogP contribution in [0.25, 0.3) is 0 Å². The fourth-order valence-corrected chi connectivity index (χ4v) is 3.63. The van der Waals surface area contributed by atoms with Crippen LogP contribution >= 0.6 is 0 Å². The number of likely N-dealkylation sites (tertiary alicyclic amines) is 2. The standard InChI is InChI=1S/C16H23F2N5O2.C2HF3O2/c1-20(2)4-5-22-6-10-7-23(9-11(10)15(22)24)16(25)12-8-21(3)19-13(12)14(17)18;3-2(4,5)1(6)7/h8,10-11,14H,4-7,9H2,1-3H3;(H,6,7)/t10-,11+;/m1./s1. The Morgan fingerprint density at radius 2 is 1.84 bits per heavy atom. The molecule has 32 heavy (non-hydrogen) atoms. The van der Waals surface area contributed by atoms with Crippen LogP contribution in [0.15, 0.2) is 6.20 Å². The van der Waals surface area contributed by atoms with E-state index >= 15 is 0 Å². The Morgan fingerprint density at radius 1 is 1.25 bits per heavy atom. The molecular formula is C18H24F5N5O4. The summed E-state index contributed by atoms with van der Waals surface area (Å²) in [6.07, 6.45) is -6.56. The maximum Gasteiger partial charge on any atom is 0.490 e. The van der Waals surface area contributed by atoms with E-state index in [1.54, 1.807) is 0 Å². The number of hydrogen-bond acceptors (Lipinski definition) is 5. The van der Waals surface area contributed by atoms with Gasteiger partial charge in [-0.25, -0.2) is 13.6 Å². The maximum absolute atomic E-state index is 13.1. The molecule has 14 heteroatoms. The number of fused-ring (bicyclic) bond motifs is 1. The van der Waals surface area contributed by atoms with Crippen LogP contribution in [0.5, 0.6) is 0 Å². The lowest BCUT2D eigenvalue weighted by Gasteiger charge is -2.23. The van der Waals surface area contributed by atoms with Crippen molar-refractivity contribution in [2.24, 2.45) is 18.9 Å². The Kier molecular flexibility index (Phi) is 7.80. The van der Waals surface area contributed by atoms with Crippen LogP contribution in [0.1, 0.15) is 22.5 Å². The minimum absolute atomic E-state index is 0.0578. The highest BCUT2D eigenvalue weighted by molar-refractivity contribution is 5.96. The van der Waals surface area contributed by atoms with E-state index in [-0.39, 0.29) is 23.3 Å². The second-order valence-electron chi connectivity index (χ2n) is 7.87. The van der Waals surface area contributed by atoms with E-state index in [1.807, 2.05) is 23.9 Å². The predicted molar refractivity (Wildman–Crippen MR) is 99.9 cm³/mol. The lowest BCUT2D eigenvalue weighted by molar-refractivity contribution is -0.192. The highest BCUT2D eigenvalue weighted by Gasteiger charge is 2.47. The molecule has 1 aromatic rings. The van der Waals surface area contributed by atoms with Gasteiger partial charge in [0.05, 0.1) is 11.5 Å². The number of carbonyl (C=O) groups is 3. The minimum Gasteiger partial charge on any atom is -0.475 e. The Labute approximate surface area is 180 Å². The van der Waals surface area contributed by atoms with Gasteiger partial charge >= 0.3 is 12.1 Å². The number of aliphatic carboxylic acids is 1. The monoisotopic (exact) mass is 469 g/mol. The van der Waals surface area contributed by atoms with Crippen molar-refractivity contribution in [3.8, 4) is 0 Å². The zero-order valence-electron chi connectivity index (χ0n) is 17.6. The second-order valence-corrected chi connectivity index (χ2v) is 7.87. The third-order valence-electron chi connectivity index (χ3n) is 5.17. The molecule has 3 heterocycles. The summed E-state index contributed by atoms with van der Waals surface area (Å²) in [5.41, 5.74) is -0.571. The molecule has 2 aliphatic heterocycles. The van der Waals surface area contributed by atoms with E-state index in [0.29, 0.717) is 26.2 Å². The molecule has 2 fully saturated rings. The van der Waals surface area contributed by atoms with Crippen LogP contribution in [0.4, 0.5) is 22.0 Å². The van der Waals surface area contributed by atoms with Crippen molar-refractivity contribution in [1.82, 2.24) is 24.5 Å². The molecule has 1 aromatic heterocycles. The van der Waals surface area contributed by atoms with Gasteiger partial charge in [0.25, 0.3) is 12.3 Å². The lowest BCUT2D eigenvalue weighted by Crippen LogP contribution is -2.38. The zero-order valence-corrected chi connectivity index (χ0v) is 17.6. The van der Waals surface area contributed by atoms with Crippen LogP contribution in [-0.4, -0.2) is 100 Å². The summed E-state index contributed by atoms with van der Waals surface area (Å²) in [7, 11) is 5.42. The topological polar surface area (TPSA) is 99.0 Å². The van der Waals surface area contributed by atoms with Crippen molar-refractivity contribution < 1.29 is 41.4 Å². The van der Waals surface area contributed by atoms with Crippen molar-refractivity contribution in [3.05, 3.63) is 17.5 Å². The van der Waals surface area contributed by atoms with Gasteiger partial charge in [0, 0.05) is 51.9 Å². The number of carbonyl (C=O) groups excluding carboxylic acids is 2. The fraction of sp³-hybridized carbons (Fsp3) is 0.667. The molecule has 0 spiro atoms. The van der Waals surface area contributed by atoms with E-state index in [4.69, 9.17) is 9.90 Å². The summed E-state index contributed by atoms with van der Waals surface area (Å²) in [4.78, 5) is 39.4. The summed E-state index contributed by atoms with van der Waals surface area (Å²) >= 11 is 0. The minimum atomic E-state index is -5.08. The summed E-state index contributed by atoms with van der Waals surface area (Å²) in [5.74, 6) is -3.32. The molecule has 0 radical (unpaired) electrons. The van der Waals surface area contributed by atoms with Crippen molar-refractivity contribution >= 4 is 17.8 Å². The molecule has 3 rings (SSSR count). The van der Waals surface area contributed by atoms with Crippen LogP contribution < -0.4 is 0 Å². The Balaban J connectivity index is 0.000000451. The number of nitrogens with zero attached hydrogens (tertiary/aromatic N) is 5. The largest absolute Gasteiger partial charge is 0.490 e. The predicted octanol–water partition coefficient (Wildman–Crippen LogP) is 1.08. The zero-order chi connectivity index (χ0) is 24.4. The number of aryl methyl sites for hydroxylation is 1. The Bertz CT molecular complexity index is 857. The summed E-state index contributed by atoms with van der Waals surface area (Å²) in [6, 6.07) is 0. The normalized spacial score (nSPS) is 20.6. The molecule has 0 bridgehead atoms. The smallest absolute Gasteiger partial charge is 0.475 e. The van der Waals surface area contributed by atoms with Crippen LogP contribution in [-0.2, 0) is 16.6 Å². The molecule has 0 aliphatic carbocycles. The average molecular weight is 469 g/mol. The first kappa shape index (κ1) is 25.5. The molecule has 2 saturated heterocycles. The molecule has 2 atom stereocenters. The Morgan fingerprint density at radius 3 is 2.31 bits per heavy atom. The van der Waals surface area contributed by atoms with Crippen LogP contribution in [0, 0.1) is 11.8 Å². The molecular weight excluding hydrogens is 445 g/mol. The number of rotatable bonds is 5. The van der Waals surface area contributed by atoms with Gasteiger partial charge in [-0.15, -0.1) is 0 Å². The van der Waals surface area contributed by atoms with Crippen molar-refractivity contribution in [3.63, 3.8) is 0 Å². The van der Waals surface area contributed by atoms with E-state index in [2.05, 4.69) is 5.10 Å². The summed E-state index contributed by atoms with van der Waals surface area (Å²) in [6.45, 7) is 2.80. The third kappa shape index (κ3) is 5.93. The molecule has 9 nitrogen and oxygen atoms in total. The number of carboxylic acids is 1. The summed E-state index contributed by atoms with van der Waals surface area (Å²) < 4.78 is 59.1. The molecule has 2 aliphatic rings. The first-order valence-electron chi connectivity index (χ1n) is 9.57. The van der Waals surface area contributed by atoms with Crippen LogP contribution in [0.3, 0.4) is 0 Å². The van der Waals surface area contributed by atoms with Gasteiger partial charge < -0.3 is 19.8 Å². The first-order chi connectivity index (χ1) is 14.7. The number of likely N-dealkylation sites (N-methyl/N-ethyl adjacent to an activating group) is 1. The van der Waals surface area contributed by atoms with Gasteiger partial charge in [0.1, 0.15) is 5.69 Å². The first-order valence-corrected chi connectivity index (χ1v) is 9.57. The molecule has 0 unspecified atom stereocenters. The number of alkyl halides is 5. The molecule has 0 aromatic carbocycles. The van der Waals surface area contributed by atoms with Crippen LogP contribution in [0.2, 0.25) is 0 Å². The molecule has 0 saturated carbocycles. The number of aromatic nitrogens is 2. The van der Waals surface area contributed by atoms with Crippen molar-refractivity contribution in [2.45, 2.75) is 12.6 Å². The second kappa shape index (κ2) is 9.79. The third-order valence-corrected chi connectivity index (χ3v) is 5.17. The number of amides is 2. The van der Waals surface area contributed by atoms with E-state index in [0.717, 1.165) is 6.54 Å². The van der Waals surface area contributed by atoms with Gasteiger partial charge in [0.15, 0.2) is 0 Å². The Hall–Kier alpha value is -2.77. The van der Waals surface area contributed by atoms with E-state index < -0.39 is 30.2 Å². The van der Waals surface area contributed by atoms with Crippen molar-refractivity contribution in [2.75, 3.05) is 46.8 Å². The van der Waals surface area contributed by atoms with Gasteiger partial charge in [-0.1, -0.05) is 0 Å². The maximum atomic E-state index is 13.1. The van der Waals surface area contributed by atoms with E-state index in [9.17, 15) is 31.5 Å². The highest BCUT2D eigenvalue weighted by Crippen LogP contribution is 2.33. The molecule has 180 valence electrons. The van der Waals surface area contributed by atoms with E-state index in [1.165, 1.54) is 22.8 Å². The molecule has 2 amide bonds. The number of hydrogen-bond donors (Lipinski definition) is 1. The number of halogens is 5. The van der Waals surface area contributed by atoms with Gasteiger partial charge in [0.2, 0.25) is 5.91 Å². The van der Waals surface area contributed by atoms with Gasteiger partial charge in [-0.2, -0.15) is 18.3 Å². The fourth-order valence-electron chi connectivity index (χ4n) is 3.63. The van der Waals surface area contributed by atoms with Gasteiger partial charge in [-0.05, 0) is 14.1 Å². The lowest BCUT2D eigenvalue weighted by atomic mass is 10.0. The van der Waals surface area contributed by atoms with Gasteiger partial charge in [-0.3, -0.25) is 14.3 Å². The van der Waals surface area contributed by atoms with Crippen molar-refractivity contribution in [1.29, 1.82) is 0 Å². The molecule has 1 N–H and O–H groups in total. The quantitative estimate of drug-likeness (QED) is 0.649. The number of carboxylic acid groups (broad SMARTS) is 1. The highest BCUT2D eigenvalue weighted by atomic mass is 19.4. The summed E-state index contributed by atoms with van der Waals surface area (Å²) in [5, 5.41) is 10.8.